The average molecular weight is 596 g/mol. The van der Waals surface area contributed by atoms with Crippen molar-refractivity contribution >= 4 is 46.3 Å². The van der Waals surface area contributed by atoms with Crippen molar-refractivity contribution in [1.29, 1.82) is 0 Å². The van der Waals surface area contributed by atoms with Gasteiger partial charge in [-0.05, 0) is 47.4 Å². The van der Waals surface area contributed by atoms with E-state index in [4.69, 9.17) is 10.8 Å². The van der Waals surface area contributed by atoms with E-state index >= 15 is 0 Å². The molecule has 1 saturated carbocycles. The van der Waals surface area contributed by atoms with Crippen LogP contribution < -0.4 is 27.0 Å². The Morgan fingerprint density at radius 1 is 0.907 bits per heavy atom. The molecule has 0 radical (unpaired) electrons. The van der Waals surface area contributed by atoms with Gasteiger partial charge < -0.3 is 32.1 Å². The van der Waals surface area contributed by atoms with E-state index in [1.54, 1.807) is 13.8 Å². The topological polar surface area (TPSA) is 197 Å². The van der Waals surface area contributed by atoms with E-state index in [1.807, 2.05) is 56.3 Å². The van der Waals surface area contributed by atoms with Crippen molar-refractivity contribution in [2.24, 2.45) is 17.6 Å². The molecule has 2 aromatic rings. The number of ketones is 1. The summed E-state index contributed by atoms with van der Waals surface area (Å²) >= 11 is 0. The minimum absolute atomic E-state index is 0.0256. The summed E-state index contributed by atoms with van der Waals surface area (Å²) in [5, 5.41) is 21.0. The van der Waals surface area contributed by atoms with Crippen LogP contribution >= 0.6 is 0 Å². The van der Waals surface area contributed by atoms with Crippen molar-refractivity contribution < 1.29 is 33.9 Å². The SMILES string of the molecule is CCC(C)C(NC(=O)C(CC(C)C)NC(=O)O)C(=O)C(=O)NC1(C(=O)NC(Cc2ccc3ccccc3c2)C(N)=O)CC1. The van der Waals surface area contributed by atoms with E-state index in [0.29, 0.717) is 6.42 Å². The first-order valence-electron chi connectivity index (χ1n) is 14.5. The number of carbonyl (C=O) groups excluding carboxylic acids is 5. The quantitative estimate of drug-likeness (QED) is 0.169. The molecule has 0 bridgehead atoms. The monoisotopic (exact) mass is 595 g/mol. The van der Waals surface area contributed by atoms with Crippen molar-refractivity contribution in [2.75, 3.05) is 0 Å². The van der Waals surface area contributed by atoms with Crippen molar-refractivity contribution in [3.05, 3.63) is 48.0 Å². The second-order valence-corrected chi connectivity index (χ2v) is 11.7. The molecule has 0 aromatic heterocycles. The first kappa shape index (κ1) is 33.0. The van der Waals surface area contributed by atoms with Gasteiger partial charge in [-0.3, -0.25) is 24.0 Å². The van der Waals surface area contributed by atoms with Crippen LogP contribution in [-0.4, -0.2) is 64.3 Å². The fraction of sp³-hybridized carbons (Fsp3) is 0.484. The number of Topliss-reactive ketones (excluding diaryl/α,β-unsaturated/α-hetero) is 1. The average Bonchev–Trinajstić information content (AvgIpc) is 3.74. The van der Waals surface area contributed by atoms with E-state index in [2.05, 4.69) is 21.3 Å². The minimum atomic E-state index is -1.39. The summed E-state index contributed by atoms with van der Waals surface area (Å²) in [4.78, 5) is 76.1. The number of primary amides is 1. The maximum atomic E-state index is 13.3. The molecule has 1 aliphatic rings. The van der Waals surface area contributed by atoms with Gasteiger partial charge in [0.05, 0.1) is 6.04 Å². The Labute approximate surface area is 250 Å². The Hall–Kier alpha value is -4.48. The van der Waals surface area contributed by atoms with Crippen molar-refractivity contribution in [2.45, 2.75) is 83.5 Å². The van der Waals surface area contributed by atoms with Gasteiger partial charge in [-0.25, -0.2) is 4.79 Å². The van der Waals surface area contributed by atoms with Crippen LogP contribution in [0.1, 0.15) is 58.9 Å². The number of nitrogens with one attached hydrogen (secondary N) is 4. The molecule has 0 heterocycles. The third-order valence-electron chi connectivity index (χ3n) is 7.78. The summed E-state index contributed by atoms with van der Waals surface area (Å²) in [6.45, 7) is 7.10. The first-order valence-corrected chi connectivity index (χ1v) is 14.5. The highest BCUT2D eigenvalue weighted by molar-refractivity contribution is 6.39. The standard InChI is InChI=1S/C31H41N5O7/c1-5-18(4)24(35-27(39)23(14-17(2)3)34-30(42)43)25(37)28(40)36-31(12-13-31)29(41)33-22(26(32)38)16-19-10-11-20-8-6-7-9-21(20)15-19/h6-11,15,17-18,22-24,34H,5,12-14,16H2,1-4H3,(H2,32,38)(H,33,41)(H,35,39)(H,36,40)(H,42,43). The Bertz CT molecular complexity index is 1390. The lowest BCUT2D eigenvalue weighted by Crippen LogP contribution is -2.59. The van der Waals surface area contributed by atoms with E-state index in [-0.39, 0.29) is 31.6 Å². The largest absolute Gasteiger partial charge is 0.465 e. The van der Waals surface area contributed by atoms with E-state index in [1.165, 1.54) is 0 Å². The molecule has 43 heavy (non-hydrogen) atoms. The van der Waals surface area contributed by atoms with Crippen molar-refractivity contribution in [1.82, 2.24) is 21.3 Å². The van der Waals surface area contributed by atoms with Gasteiger partial charge in [0.15, 0.2) is 0 Å². The van der Waals surface area contributed by atoms with Crippen LogP contribution in [0.5, 0.6) is 0 Å². The van der Waals surface area contributed by atoms with Crippen LogP contribution in [0.4, 0.5) is 4.79 Å². The summed E-state index contributed by atoms with van der Waals surface area (Å²) in [6.07, 6.45) is -0.126. The number of benzene rings is 2. The number of rotatable bonds is 15. The zero-order valence-corrected chi connectivity index (χ0v) is 24.9. The van der Waals surface area contributed by atoms with Crippen LogP contribution in [0.3, 0.4) is 0 Å². The number of hydrogen-bond donors (Lipinski definition) is 6. The zero-order valence-electron chi connectivity index (χ0n) is 24.9. The molecular formula is C31H41N5O7. The molecule has 12 heteroatoms. The maximum Gasteiger partial charge on any atom is 0.405 e. The molecule has 232 valence electrons. The molecule has 0 aliphatic heterocycles. The Kier molecular flexibility index (Phi) is 10.8. The number of hydrogen-bond acceptors (Lipinski definition) is 6. The minimum Gasteiger partial charge on any atom is -0.465 e. The molecule has 2 aromatic carbocycles. The molecule has 12 nitrogen and oxygen atoms in total. The Balaban J connectivity index is 1.69. The highest BCUT2D eigenvalue weighted by Crippen LogP contribution is 2.36. The third kappa shape index (κ3) is 8.76. The highest BCUT2D eigenvalue weighted by atomic mass is 16.4. The lowest BCUT2D eigenvalue weighted by molar-refractivity contribution is -0.143. The Morgan fingerprint density at radius 3 is 2.12 bits per heavy atom. The normalized spacial score (nSPS) is 16.3. The van der Waals surface area contributed by atoms with Crippen molar-refractivity contribution in [3.63, 3.8) is 0 Å². The molecule has 5 amide bonds. The van der Waals surface area contributed by atoms with Gasteiger partial charge in [-0.15, -0.1) is 0 Å². The number of nitrogens with two attached hydrogens (primary N) is 1. The van der Waals surface area contributed by atoms with Gasteiger partial charge in [0.2, 0.25) is 23.5 Å². The molecular weight excluding hydrogens is 554 g/mol. The zero-order chi connectivity index (χ0) is 31.9. The second-order valence-electron chi connectivity index (χ2n) is 11.7. The Morgan fingerprint density at radius 2 is 1.56 bits per heavy atom. The van der Waals surface area contributed by atoms with Gasteiger partial charge in [-0.1, -0.05) is 76.6 Å². The molecule has 1 aliphatic carbocycles. The fourth-order valence-corrected chi connectivity index (χ4v) is 4.88. The van der Waals surface area contributed by atoms with Crippen molar-refractivity contribution in [3.8, 4) is 0 Å². The summed E-state index contributed by atoms with van der Waals surface area (Å²) in [5.74, 6) is -4.60. The van der Waals surface area contributed by atoms with Crippen LogP contribution in [0.25, 0.3) is 10.8 Å². The number of carbonyl (C=O) groups is 6. The van der Waals surface area contributed by atoms with Crippen LogP contribution in [0, 0.1) is 11.8 Å². The predicted octanol–water partition coefficient (Wildman–Crippen LogP) is 1.78. The molecule has 0 saturated heterocycles. The smallest absolute Gasteiger partial charge is 0.405 e. The molecule has 4 unspecified atom stereocenters. The maximum absolute atomic E-state index is 13.3. The van der Waals surface area contributed by atoms with Crippen LogP contribution in [-0.2, 0) is 30.4 Å². The van der Waals surface area contributed by atoms with Gasteiger partial charge in [-0.2, -0.15) is 0 Å². The van der Waals surface area contributed by atoms with Gasteiger partial charge in [0.25, 0.3) is 5.91 Å². The molecule has 3 rings (SSSR count). The van der Waals surface area contributed by atoms with Gasteiger partial charge in [0, 0.05) is 6.42 Å². The predicted molar refractivity (Wildman–Crippen MR) is 160 cm³/mol. The lowest BCUT2D eigenvalue weighted by Gasteiger charge is -2.27. The number of amides is 5. The molecule has 1 fully saturated rings. The van der Waals surface area contributed by atoms with E-state index in [0.717, 1.165) is 16.3 Å². The van der Waals surface area contributed by atoms with E-state index < -0.39 is 65.1 Å². The first-order chi connectivity index (χ1) is 20.3. The van der Waals surface area contributed by atoms with Gasteiger partial charge in [0.1, 0.15) is 17.6 Å². The van der Waals surface area contributed by atoms with Crippen LogP contribution in [0.2, 0.25) is 0 Å². The highest BCUT2D eigenvalue weighted by Gasteiger charge is 2.53. The second kappa shape index (κ2) is 14.1. The van der Waals surface area contributed by atoms with E-state index in [9.17, 15) is 28.8 Å². The number of carboxylic acid groups (broad SMARTS) is 1. The summed E-state index contributed by atoms with van der Waals surface area (Å²) < 4.78 is 0. The molecule has 7 N–H and O–H groups in total. The fourth-order valence-electron chi connectivity index (χ4n) is 4.88. The van der Waals surface area contributed by atoms with Gasteiger partial charge >= 0.3 is 6.09 Å². The summed E-state index contributed by atoms with van der Waals surface area (Å²) in [5.41, 5.74) is 5.00. The number of fused-ring (bicyclic) bond motifs is 1. The summed E-state index contributed by atoms with van der Waals surface area (Å²) in [7, 11) is 0. The van der Waals surface area contributed by atoms with Crippen LogP contribution in [0.15, 0.2) is 42.5 Å². The molecule has 0 spiro atoms. The third-order valence-corrected chi connectivity index (χ3v) is 7.78. The summed E-state index contributed by atoms with van der Waals surface area (Å²) in [6, 6.07) is 9.97. The molecule has 4 atom stereocenters. The lowest BCUT2D eigenvalue weighted by atomic mass is 9.93.